The van der Waals surface area contributed by atoms with Gasteiger partial charge in [-0.15, -0.1) is 0 Å². The van der Waals surface area contributed by atoms with Crippen molar-refractivity contribution in [1.82, 2.24) is 4.90 Å². The largest absolute Gasteiger partial charge is 0.508 e. The zero-order valence-corrected chi connectivity index (χ0v) is 32.0. The molecule has 4 fully saturated rings. The van der Waals surface area contributed by atoms with Gasteiger partial charge in [0.1, 0.15) is 19.8 Å². The number of ether oxygens (including phenoxy) is 4. The van der Waals surface area contributed by atoms with E-state index in [0.717, 1.165) is 102 Å². The number of unbranched alkanes of at least 4 members (excludes halogenated alkanes) is 8. The fourth-order valence-corrected chi connectivity index (χ4v) is 8.79. The number of carbonyl (C=O) groups excluding carboxylic acids is 3. The SMILES string of the molecule is CCCCC/C=C\C/C=C\CCCCCCCC(=O)OCC(COC(=O)CC12CC3CC(CC(C3)C1)C2)COC(=O)OCCCN(CC)CC. The molecule has 0 radical (unpaired) electrons. The normalized spacial score (nSPS) is 23.2. The van der Waals surface area contributed by atoms with Crippen LogP contribution in [0.3, 0.4) is 0 Å². The number of rotatable bonds is 28. The van der Waals surface area contributed by atoms with Gasteiger partial charge in [-0.2, -0.15) is 0 Å². The maximum atomic E-state index is 13.1. The van der Waals surface area contributed by atoms with Gasteiger partial charge in [-0.25, -0.2) is 4.79 Å². The first kappa shape index (κ1) is 42.1. The van der Waals surface area contributed by atoms with Gasteiger partial charge in [-0.1, -0.05) is 77.2 Å². The van der Waals surface area contributed by atoms with Crippen LogP contribution in [0.2, 0.25) is 0 Å². The lowest BCUT2D eigenvalue weighted by Crippen LogP contribution is -2.47. The Labute approximate surface area is 304 Å². The highest BCUT2D eigenvalue weighted by molar-refractivity contribution is 5.70. The Kier molecular flexibility index (Phi) is 20.8. The van der Waals surface area contributed by atoms with Gasteiger partial charge in [-0.3, -0.25) is 9.59 Å². The molecule has 8 heteroatoms. The van der Waals surface area contributed by atoms with Gasteiger partial charge < -0.3 is 23.8 Å². The second kappa shape index (κ2) is 24.8. The number of carbonyl (C=O) groups is 3. The monoisotopic (exact) mass is 702 g/mol. The number of hydrogen-bond donors (Lipinski definition) is 0. The van der Waals surface area contributed by atoms with Gasteiger partial charge in [0.15, 0.2) is 0 Å². The number of esters is 2. The molecule has 4 bridgehead atoms. The summed E-state index contributed by atoms with van der Waals surface area (Å²) in [6.07, 6.45) is 29.7. The Morgan fingerprint density at radius 2 is 1.22 bits per heavy atom. The van der Waals surface area contributed by atoms with E-state index in [2.05, 4.69) is 50.0 Å². The van der Waals surface area contributed by atoms with Gasteiger partial charge in [0.25, 0.3) is 0 Å². The van der Waals surface area contributed by atoms with Crippen molar-refractivity contribution in [3.8, 4) is 0 Å². The molecule has 4 rings (SSSR count). The molecule has 0 N–H and O–H groups in total. The van der Waals surface area contributed by atoms with E-state index in [1.165, 1.54) is 51.4 Å². The van der Waals surface area contributed by atoms with E-state index in [-0.39, 0.29) is 43.8 Å². The minimum atomic E-state index is -0.745. The van der Waals surface area contributed by atoms with Gasteiger partial charge in [0, 0.05) is 13.0 Å². The standard InChI is InChI=1S/C42H71NO7/c1-4-7-8-9-10-11-12-13-14-15-16-17-18-19-20-22-39(44)48-32-38(34-50-41(46)47-24-21-23-43(5-2)6-3)33-49-40(45)31-42-28-35-25-36(29-42)27-37(26-35)30-42/h10-11,13-14,35-38H,4-9,12,15-34H2,1-3H3/b11-10-,14-13-. The van der Waals surface area contributed by atoms with E-state index in [9.17, 15) is 14.4 Å². The molecule has 8 nitrogen and oxygen atoms in total. The van der Waals surface area contributed by atoms with Gasteiger partial charge >= 0.3 is 18.1 Å². The first-order valence-electron chi connectivity index (χ1n) is 20.5. The lowest BCUT2D eigenvalue weighted by molar-refractivity contribution is -0.155. The number of hydrogen-bond acceptors (Lipinski definition) is 8. The minimum absolute atomic E-state index is 0.0313. The fraction of sp³-hybridized carbons (Fsp3) is 0.833. The van der Waals surface area contributed by atoms with Gasteiger partial charge in [0.2, 0.25) is 0 Å². The predicted molar refractivity (Wildman–Crippen MR) is 200 cm³/mol. The summed E-state index contributed by atoms with van der Waals surface area (Å²) in [7, 11) is 0. The van der Waals surface area contributed by atoms with E-state index >= 15 is 0 Å². The highest BCUT2D eigenvalue weighted by atomic mass is 16.7. The molecule has 0 heterocycles. The van der Waals surface area contributed by atoms with Crippen LogP contribution in [0.15, 0.2) is 24.3 Å². The van der Waals surface area contributed by atoms with E-state index in [0.29, 0.717) is 12.8 Å². The third-order valence-corrected chi connectivity index (χ3v) is 11.1. The van der Waals surface area contributed by atoms with E-state index in [4.69, 9.17) is 18.9 Å². The summed E-state index contributed by atoms with van der Waals surface area (Å²) in [6, 6.07) is 0. The summed E-state index contributed by atoms with van der Waals surface area (Å²) in [6.45, 7) is 9.57. The summed E-state index contributed by atoms with van der Waals surface area (Å²) in [5.74, 6) is 1.42. The molecule has 1 atom stereocenters. The maximum Gasteiger partial charge on any atom is 0.508 e. The van der Waals surface area contributed by atoms with Crippen LogP contribution in [0.5, 0.6) is 0 Å². The van der Waals surface area contributed by atoms with Crippen molar-refractivity contribution in [3.05, 3.63) is 24.3 Å². The molecule has 50 heavy (non-hydrogen) atoms. The lowest BCUT2D eigenvalue weighted by Gasteiger charge is -2.56. The van der Waals surface area contributed by atoms with Crippen LogP contribution < -0.4 is 0 Å². The third-order valence-electron chi connectivity index (χ3n) is 11.1. The van der Waals surface area contributed by atoms with Crippen molar-refractivity contribution in [2.75, 3.05) is 46.1 Å². The third kappa shape index (κ3) is 17.2. The van der Waals surface area contributed by atoms with Crippen LogP contribution in [0.1, 0.15) is 149 Å². The zero-order chi connectivity index (χ0) is 35.9. The molecule has 4 aliphatic rings. The molecule has 0 aromatic rings. The van der Waals surface area contributed by atoms with Gasteiger partial charge in [0.05, 0.1) is 18.9 Å². The van der Waals surface area contributed by atoms with E-state index in [1.807, 2.05) is 0 Å². The molecule has 0 aliphatic heterocycles. The van der Waals surface area contributed by atoms with E-state index in [1.54, 1.807) is 0 Å². The summed E-state index contributed by atoms with van der Waals surface area (Å²) in [5, 5.41) is 0. The van der Waals surface area contributed by atoms with Crippen LogP contribution in [0.25, 0.3) is 0 Å². The highest BCUT2D eigenvalue weighted by Gasteiger charge is 2.51. The summed E-state index contributed by atoms with van der Waals surface area (Å²) >= 11 is 0. The molecular formula is C42H71NO7. The average molecular weight is 702 g/mol. The molecule has 0 saturated heterocycles. The zero-order valence-electron chi connectivity index (χ0n) is 32.0. The molecule has 0 aromatic heterocycles. The summed E-state index contributed by atoms with van der Waals surface area (Å²) in [4.78, 5) is 40.2. The first-order valence-corrected chi connectivity index (χ1v) is 20.5. The maximum absolute atomic E-state index is 13.1. The number of nitrogens with zero attached hydrogens (tertiary/aromatic N) is 1. The van der Waals surface area contributed by atoms with Crippen molar-refractivity contribution in [2.24, 2.45) is 29.1 Å². The molecule has 1 unspecified atom stereocenters. The van der Waals surface area contributed by atoms with Crippen molar-refractivity contribution < 1.29 is 33.3 Å². The first-order chi connectivity index (χ1) is 24.3. The summed E-state index contributed by atoms with van der Waals surface area (Å²) < 4.78 is 22.0. The van der Waals surface area contributed by atoms with Crippen LogP contribution >= 0.6 is 0 Å². The highest BCUT2D eigenvalue weighted by Crippen LogP contribution is 2.61. The lowest BCUT2D eigenvalue weighted by atomic mass is 9.49. The van der Waals surface area contributed by atoms with Crippen LogP contribution in [0, 0.1) is 29.1 Å². The molecule has 0 spiro atoms. The Hall–Kier alpha value is -2.35. The Balaban J connectivity index is 1.31. The van der Waals surface area contributed by atoms with Crippen molar-refractivity contribution in [2.45, 2.75) is 149 Å². The number of allylic oxidation sites excluding steroid dienone is 4. The summed E-state index contributed by atoms with van der Waals surface area (Å²) in [5.41, 5.74) is 0.0980. The van der Waals surface area contributed by atoms with Crippen LogP contribution in [-0.4, -0.2) is 69.1 Å². The Morgan fingerprint density at radius 1 is 0.660 bits per heavy atom. The smallest absolute Gasteiger partial charge is 0.465 e. The molecule has 0 amide bonds. The topological polar surface area (TPSA) is 91.4 Å². The average Bonchev–Trinajstić information content (AvgIpc) is 3.08. The second-order valence-corrected chi connectivity index (χ2v) is 15.6. The molecule has 0 aromatic carbocycles. The second-order valence-electron chi connectivity index (χ2n) is 15.6. The Bertz CT molecular complexity index is 984. The molecule has 4 aliphatic carbocycles. The molecule has 4 saturated carbocycles. The minimum Gasteiger partial charge on any atom is -0.465 e. The molecule has 286 valence electrons. The molecular weight excluding hydrogens is 630 g/mol. The van der Waals surface area contributed by atoms with Crippen molar-refractivity contribution in [1.29, 1.82) is 0 Å². The van der Waals surface area contributed by atoms with E-state index < -0.39 is 12.1 Å². The quantitative estimate of drug-likeness (QED) is 0.0345. The van der Waals surface area contributed by atoms with Crippen molar-refractivity contribution >= 4 is 18.1 Å². The van der Waals surface area contributed by atoms with Gasteiger partial charge in [-0.05, 0) is 120 Å². The van der Waals surface area contributed by atoms with Crippen LogP contribution in [0.4, 0.5) is 4.79 Å². The predicted octanol–water partition coefficient (Wildman–Crippen LogP) is 9.99. The van der Waals surface area contributed by atoms with Crippen molar-refractivity contribution in [3.63, 3.8) is 0 Å². The Morgan fingerprint density at radius 3 is 1.84 bits per heavy atom. The van der Waals surface area contributed by atoms with Crippen LogP contribution in [-0.2, 0) is 28.5 Å². The fourth-order valence-electron chi connectivity index (χ4n) is 8.79.